The molecule has 0 bridgehead atoms. The van der Waals surface area contributed by atoms with Crippen molar-refractivity contribution < 1.29 is 19.5 Å². The van der Waals surface area contributed by atoms with Crippen LogP contribution in [0.25, 0.3) is 0 Å². The van der Waals surface area contributed by atoms with Gasteiger partial charge in [0.15, 0.2) is 11.5 Å². The zero-order chi connectivity index (χ0) is 22.4. The standard InChI is InChI=1S/C25H24N2O5/c1-31-19-7-8-20-16(11-19)9-10-26-22(20)12-17-13-23(28)24(32-2)14-21(17)25(26)15-3-5-18(6-4-15)27(29)30/h3-8,11,13-14,22,25,28H,9-10,12H2,1-2H3/t22-,25?/m0/s1. The van der Waals surface area contributed by atoms with E-state index in [0.29, 0.717) is 5.75 Å². The molecule has 1 unspecified atom stereocenters. The highest BCUT2D eigenvalue weighted by Gasteiger charge is 2.39. The number of phenolic OH excluding ortho intramolecular Hbond substituents is 1. The van der Waals surface area contributed by atoms with Crippen molar-refractivity contribution in [1.82, 2.24) is 4.90 Å². The predicted molar refractivity (Wildman–Crippen MR) is 119 cm³/mol. The van der Waals surface area contributed by atoms with Crippen molar-refractivity contribution in [2.75, 3.05) is 20.8 Å². The molecule has 7 heteroatoms. The van der Waals surface area contributed by atoms with E-state index >= 15 is 0 Å². The van der Waals surface area contributed by atoms with E-state index in [0.717, 1.165) is 41.8 Å². The van der Waals surface area contributed by atoms with Crippen molar-refractivity contribution in [3.63, 3.8) is 0 Å². The quantitative estimate of drug-likeness (QED) is 0.480. The molecule has 0 radical (unpaired) electrons. The number of non-ortho nitro benzene ring substituents is 1. The second-order valence-electron chi connectivity index (χ2n) is 8.25. The maximum Gasteiger partial charge on any atom is 0.269 e. The van der Waals surface area contributed by atoms with Gasteiger partial charge in [0, 0.05) is 24.7 Å². The van der Waals surface area contributed by atoms with Crippen LogP contribution in [0.2, 0.25) is 0 Å². The summed E-state index contributed by atoms with van der Waals surface area (Å²) in [6.07, 6.45) is 1.65. The van der Waals surface area contributed by atoms with Gasteiger partial charge < -0.3 is 14.6 Å². The lowest BCUT2D eigenvalue weighted by molar-refractivity contribution is -0.384. The maximum absolute atomic E-state index is 11.2. The van der Waals surface area contributed by atoms with Gasteiger partial charge in [-0.1, -0.05) is 18.2 Å². The number of nitro groups is 1. The van der Waals surface area contributed by atoms with Crippen molar-refractivity contribution in [1.29, 1.82) is 0 Å². The molecule has 2 atom stereocenters. The van der Waals surface area contributed by atoms with E-state index in [1.165, 1.54) is 11.1 Å². The second-order valence-corrected chi connectivity index (χ2v) is 8.25. The highest BCUT2D eigenvalue weighted by atomic mass is 16.6. The number of methoxy groups -OCH3 is 2. The van der Waals surface area contributed by atoms with Gasteiger partial charge in [0.25, 0.3) is 5.69 Å². The number of benzene rings is 3. The van der Waals surface area contributed by atoms with Crippen LogP contribution in [-0.4, -0.2) is 35.7 Å². The molecular weight excluding hydrogens is 408 g/mol. The van der Waals surface area contributed by atoms with Gasteiger partial charge in [0.1, 0.15) is 5.75 Å². The van der Waals surface area contributed by atoms with Crippen LogP contribution in [0.15, 0.2) is 54.6 Å². The number of ether oxygens (including phenoxy) is 2. The third-order valence-electron chi connectivity index (χ3n) is 6.65. The maximum atomic E-state index is 11.2. The molecule has 7 nitrogen and oxygen atoms in total. The van der Waals surface area contributed by atoms with Crippen LogP contribution in [0.3, 0.4) is 0 Å². The van der Waals surface area contributed by atoms with E-state index in [4.69, 9.17) is 9.47 Å². The van der Waals surface area contributed by atoms with E-state index < -0.39 is 0 Å². The van der Waals surface area contributed by atoms with Crippen molar-refractivity contribution in [2.24, 2.45) is 0 Å². The Balaban J connectivity index is 1.66. The minimum Gasteiger partial charge on any atom is -0.504 e. The highest BCUT2D eigenvalue weighted by molar-refractivity contribution is 5.53. The molecule has 0 amide bonds. The third kappa shape index (κ3) is 3.26. The molecule has 3 aromatic carbocycles. The van der Waals surface area contributed by atoms with Crippen molar-refractivity contribution in [3.05, 3.63) is 92.5 Å². The van der Waals surface area contributed by atoms with Gasteiger partial charge in [-0.2, -0.15) is 0 Å². The van der Waals surface area contributed by atoms with E-state index in [2.05, 4.69) is 17.0 Å². The Morgan fingerprint density at radius 2 is 1.78 bits per heavy atom. The summed E-state index contributed by atoms with van der Waals surface area (Å²) in [5.74, 6) is 1.40. The topological polar surface area (TPSA) is 85.1 Å². The lowest BCUT2D eigenvalue weighted by Crippen LogP contribution is -2.43. The molecule has 2 heterocycles. The van der Waals surface area contributed by atoms with Gasteiger partial charge in [-0.05, 0) is 64.9 Å². The summed E-state index contributed by atoms with van der Waals surface area (Å²) in [6, 6.07) is 16.7. The Hall–Kier alpha value is -3.58. The smallest absolute Gasteiger partial charge is 0.269 e. The van der Waals surface area contributed by atoms with Crippen LogP contribution in [0, 0.1) is 10.1 Å². The number of hydrogen-bond acceptors (Lipinski definition) is 6. The van der Waals surface area contributed by atoms with Crippen LogP contribution in [0.5, 0.6) is 17.2 Å². The van der Waals surface area contributed by atoms with Gasteiger partial charge in [-0.3, -0.25) is 15.0 Å². The van der Waals surface area contributed by atoms with Crippen LogP contribution in [-0.2, 0) is 12.8 Å². The summed E-state index contributed by atoms with van der Waals surface area (Å²) in [7, 11) is 3.22. The number of nitrogens with zero attached hydrogens (tertiary/aromatic N) is 2. The van der Waals surface area contributed by atoms with Crippen molar-refractivity contribution in [3.8, 4) is 17.2 Å². The molecule has 0 saturated carbocycles. The summed E-state index contributed by atoms with van der Waals surface area (Å²) in [5, 5.41) is 21.6. The van der Waals surface area contributed by atoms with Crippen LogP contribution < -0.4 is 9.47 Å². The first-order valence-electron chi connectivity index (χ1n) is 10.6. The van der Waals surface area contributed by atoms with E-state index in [1.807, 2.05) is 24.3 Å². The average Bonchev–Trinajstić information content (AvgIpc) is 2.81. The molecule has 3 aromatic rings. The lowest BCUT2D eigenvalue weighted by atomic mass is 9.78. The summed E-state index contributed by atoms with van der Waals surface area (Å²) in [4.78, 5) is 13.2. The predicted octanol–water partition coefficient (Wildman–Crippen LogP) is 4.56. The molecule has 2 aliphatic heterocycles. The lowest BCUT2D eigenvalue weighted by Gasteiger charge is -2.47. The number of hydrogen-bond donors (Lipinski definition) is 1. The zero-order valence-electron chi connectivity index (χ0n) is 17.9. The van der Waals surface area contributed by atoms with Gasteiger partial charge in [0.2, 0.25) is 0 Å². The Labute approximate surface area is 186 Å². The number of phenols is 1. The first kappa shape index (κ1) is 20.3. The fourth-order valence-corrected chi connectivity index (χ4v) is 5.13. The van der Waals surface area contributed by atoms with E-state index in [-0.39, 0.29) is 28.4 Å². The molecular formula is C25H24N2O5. The average molecular weight is 432 g/mol. The molecule has 0 fully saturated rings. The number of rotatable bonds is 4. The number of aromatic hydroxyl groups is 1. The number of fused-ring (bicyclic) bond motifs is 4. The van der Waals surface area contributed by atoms with Crippen molar-refractivity contribution >= 4 is 5.69 Å². The Bertz CT molecular complexity index is 1190. The molecule has 5 rings (SSSR count). The molecule has 32 heavy (non-hydrogen) atoms. The van der Waals surface area contributed by atoms with Crippen molar-refractivity contribution in [2.45, 2.75) is 24.9 Å². The van der Waals surface area contributed by atoms with E-state index in [9.17, 15) is 15.2 Å². The van der Waals surface area contributed by atoms with Gasteiger partial charge >= 0.3 is 0 Å². The molecule has 0 aromatic heterocycles. The molecule has 2 aliphatic rings. The zero-order valence-corrected chi connectivity index (χ0v) is 17.9. The van der Waals surface area contributed by atoms with Gasteiger partial charge in [0.05, 0.1) is 25.2 Å². The van der Waals surface area contributed by atoms with Crippen LogP contribution in [0.4, 0.5) is 5.69 Å². The third-order valence-corrected chi connectivity index (χ3v) is 6.65. The van der Waals surface area contributed by atoms with Crippen LogP contribution in [0.1, 0.15) is 39.9 Å². The van der Waals surface area contributed by atoms with Gasteiger partial charge in [-0.25, -0.2) is 0 Å². The summed E-state index contributed by atoms with van der Waals surface area (Å²) in [5.41, 5.74) is 5.68. The molecule has 0 spiro atoms. The fraction of sp³-hybridized carbons (Fsp3) is 0.280. The monoisotopic (exact) mass is 432 g/mol. The minimum absolute atomic E-state index is 0.0701. The highest BCUT2D eigenvalue weighted by Crippen LogP contribution is 2.49. The molecule has 164 valence electrons. The van der Waals surface area contributed by atoms with Crippen LogP contribution >= 0.6 is 0 Å². The molecule has 1 N–H and O–H groups in total. The largest absolute Gasteiger partial charge is 0.504 e. The normalized spacial score (nSPS) is 19.4. The molecule has 0 aliphatic carbocycles. The van der Waals surface area contributed by atoms with E-state index in [1.54, 1.807) is 32.4 Å². The summed E-state index contributed by atoms with van der Waals surface area (Å²) < 4.78 is 10.8. The Kier molecular flexibility index (Phi) is 4.98. The number of nitro benzene ring substituents is 1. The Morgan fingerprint density at radius 1 is 1.00 bits per heavy atom. The molecule has 0 saturated heterocycles. The summed E-state index contributed by atoms with van der Waals surface area (Å²) >= 11 is 0. The fourth-order valence-electron chi connectivity index (χ4n) is 5.13. The first-order chi connectivity index (χ1) is 15.5. The Morgan fingerprint density at radius 3 is 2.47 bits per heavy atom. The SMILES string of the molecule is COc1ccc2c(c1)CCN1C(c3ccc([N+](=O)[O-])cc3)c3cc(OC)c(O)cc3C[C@@H]21. The van der Waals surface area contributed by atoms with Gasteiger partial charge in [-0.15, -0.1) is 0 Å². The second kappa shape index (κ2) is 7.84. The minimum atomic E-state index is -0.382. The first-order valence-corrected chi connectivity index (χ1v) is 10.6. The summed E-state index contributed by atoms with van der Waals surface area (Å²) in [6.45, 7) is 0.842.